The second-order valence-corrected chi connectivity index (χ2v) is 14.8. The van der Waals surface area contributed by atoms with Crippen LogP contribution < -0.4 is 9.62 Å². The van der Waals surface area contributed by atoms with Crippen LogP contribution in [0.2, 0.25) is 10.0 Å². The molecule has 0 unspecified atom stereocenters. The molecule has 1 atom stereocenters. The monoisotopic (exact) mass is 691 g/mol. The highest BCUT2D eigenvalue weighted by atomic mass is 35.5. The molecule has 1 N–H and O–H groups in total. The minimum Gasteiger partial charge on any atom is -0.352 e. The van der Waals surface area contributed by atoms with Crippen LogP contribution in [0.3, 0.4) is 0 Å². The molecule has 1 aliphatic rings. The van der Waals surface area contributed by atoms with Crippen molar-refractivity contribution in [1.82, 2.24) is 10.2 Å². The number of rotatable bonds is 12. The highest BCUT2D eigenvalue weighted by Crippen LogP contribution is 2.30. The normalized spacial score (nSPS) is 14.0. The third-order valence-corrected chi connectivity index (χ3v) is 11.0. The maximum Gasteiger partial charge on any atom is 0.264 e. The SMILES string of the molecule is Cc1cc(C)cc(N(CC(=O)N(Cc2c(Cl)cccc2Cl)[C@@H](Cc2ccccc2)C(=O)NC2CCCC2)S(=O)(=O)c2ccccc2)c1. The Hall–Kier alpha value is -3.85. The summed E-state index contributed by atoms with van der Waals surface area (Å²) in [5, 5.41) is 3.86. The number of carbonyl (C=O) groups is 2. The van der Waals surface area contributed by atoms with E-state index in [1.54, 1.807) is 48.5 Å². The van der Waals surface area contributed by atoms with Crippen LogP contribution in [-0.4, -0.2) is 43.8 Å². The Labute approximate surface area is 287 Å². The minimum absolute atomic E-state index is 0.00635. The molecule has 0 bridgehead atoms. The Bertz CT molecular complexity index is 1770. The Morgan fingerprint density at radius 1 is 0.830 bits per heavy atom. The Morgan fingerprint density at radius 3 is 2.00 bits per heavy atom. The maximum absolute atomic E-state index is 14.7. The standard InChI is InChI=1S/C37H39Cl2N3O4S/c1-26-20-27(2)22-30(21-26)42(47(45,46)31-16-7-4-8-17-31)25-36(43)41(24-32-33(38)18-11-19-34(32)39)35(23-28-12-5-3-6-13-28)37(44)40-29-14-9-10-15-29/h3-8,11-13,16-22,29,35H,9-10,14-15,23-25H2,1-2H3,(H,40,44)/t35-/m0/s1. The van der Waals surface area contributed by atoms with Crippen LogP contribution >= 0.6 is 23.2 Å². The van der Waals surface area contributed by atoms with Crippen LogP contribution in [0.15, 0.2) is 102 Å². The van der Waals surface area contributed by atoms with Crippen molar-refractivity contribution in [3.63, 3.8) is 0 Å². The van der Waals surface area contributed by atoms with Crippen molar-refractivity contribution in [3.8, 4) is 0 Å². The molecule has 246 valence electrons. The summed E-state index contributed by atoms with van der Waals surface area (Å²) in [4.78, 5) is 30.4. The van der Waals surface area contributed by atoms with Crippen molar-refractivity contribution in [2.24, 2.45) is 0 Å². The lowest BCUT2D eigenvalue weighted by molar-refractivity contribution is -0.140. The topological polar surface area (TPSA) is 86.8 Å². The summed E-state index contributed by atoms with van der Waals surface area (Å²) < 4.78 is 29.6. The van der Waals surface area contributed by atoms with Crippen molar-refractivity contribution in [2.75, 3.05) is 10.8 Å². The van der Waals surface area contributed by atoms with Gasteiger partial charge in [-0.05, 0) is 79.8 Å². The van der Waals surface area contributed by atoms with Gasteiger partial charge in [-0.2, -0.15) is 0 Å². The number of anilines is 1. The second kappa shape index (κ2) is 15.4. The summed E-state index contributed by atoms with van der Waals surface area (Å²) in [6.07, 6.45) is 3.98. The van der Waals surface area contributed by atoms with E-state index in [0.29, 0.717) is 21.3 Å². The van der Waals surface area contributed by atoms with E-state index in [1.165, 1.54) is 17.0 Å². The summed E-state index contributed by atoms with van der Waals surface area (Å²) >= 11 is 13.2. The van der Waals surface area contributed by atoms with Gasteiger partial charge in [0.05, 0.1) is 10.6 Å². The molecule has 0 radical (unpaired) electrons. The summed E-state index contributed by atoms with van der Waals surface area (Å²) in [5.41, 5.74) is 3.37. The van der Waals surface area contributed by atoms with Gasteiger partial charge in [0.15, 0.2) is 0 Å². The molecular weight excluding hydrogens is 653 g/mol. The summed E-state index contributed by atoms with van der Waals surface area (Å²) in [7, 11) is -4.20. The van der Waals surface area contributed by atoms with Gasteiger partial charge in [0.1, 0.15) is 12.6 Å². The van der Waals surface area contributed by atoms with Gasteiger partial charge < -0.3 is 10.2 Å². The van der Waals surface area contributed by atoms with Gasteiger partial charge in [-0.3, -0.25) is 13.9 Å². The molecule has 0 spiro atoms. The number of halogens is 2. The molecule has 10 heteroatoms. The van der Waals surface area contributed by atoms with Crippen molar-refractivity contribution in [2.45, 2.75) is 69.5 Å². The van der Waals surface area contributed by atoms with Gasteiger partial charge in [-0.25, -0.2) is 8.42 Å². The van der Waals surface area contributed by atoms with Crippen molar-refractivity contribution in [3.05, 3.63) is 129 Å². The Balaban J connectivity index is 1.61. The molecule has 4 aromatic carbocycles. The number of hydrogen-bond donors (Lipinski definition) is 1. The number of nitrogens with one attached hydrogen (secondary N) is 1. The molecule has 0 aromatic heterocycles. The quantitative estimate of drug-likeness (QED) is 0.167. The summed E-state index contributed by atoms with van der Waals surface area (Å²) in [5.74, 6) is -0.872. The van der Waals surface area contributed by atoms with Crippen LogP contribution in [0.5, 0.6) is 0 Å². The van der Waals surface area contributed by atoms with Gasteiger partial charge >= 0.3 is 0 Å². The van der Waals surface area contributed by atoms with Gasteiger partial charge in [0, 0.05) is 34.6 Å². The fourth-order valence-electron chi connectivity index (χ4n) is 6.12. The van der Waals surface area contributed by atoms with Crippen LogP contribution in [0.1, 0.15) is 47.9 Å². The van der Waals surface area contributed by atoms with E-state index >= 15 is 0 Å². The highest BCUT2D eigenvalue weighted by molar-refractivity contribution is 7.92. The van der Waals surface area contributed by atoms with Crippen molar-refractivity contribution < 1.29 is 18.0 Å². The molecule has 7 nitrogen and oxygen atoms in total. The minimum atomic E-state index is -4.20. The summed E-state index contributed by atoms with van der Waals surface area (Å²) in [6, 6.07) is 27.0. The largest absolute Gasteiger partial charge is 0.352 e. The van der Waals surface area contributed by atoms with E-state index in [4.69, 9.17) is 23.2 Å². The lowest BCUT2D eigenvalue weighted by atomic mass is 10.0. The van der Waals surface area contributed by atoms with Crippen molar-refractivity contribution in [1.29, 1.82) is 0 Å². The molecule has 4 aromatic rings. The molecule has 0 aliphatic heterocycles. The zero-order chi connectivity index (χ0) is 33.6. The van der Waals surface area contributed by atoms with Crippen molar-refractivity contribution >= 4 is 50.7 Å². The number of carbonyl (C=O) groups excluding carboxylic acids is 2. The van der Waals surface area contributed by atoms with E-state index in [1.807, 2.05) is 50.2 Å². The number of amides is 2. The molecule has 5 rings (SSSR count). The number of benzene rings is 4. The number of sulfonamides is 1. The van der Waals surface area contributed by atoms with Crippen LogP contribution in [0.4, 0.5) is 5.69 Å². The highest BCUT2D eigenvalue weighted by Gasteiger charge is 2.36. The predicted molar refractivity (Wildman–Crippen MR) is 188 cm³/mol. The zero-order valence-corrected chi connectivity index (χ0v) is 28.9. The van der Waals surface area contributed by atoms with E-state index in [2.05, 4.69) is 5.32 Å². The second-order valence-electron chi connectivity index (χ2n) is 12.1. The van der Waals surface area contributed by atoms with Gasteiger partial charge in [-0.15, -0.1) is 0 Å². The third-order valence-electron chi connectivity index (χ3n) is 8.47. The molecule has 47 heavy (non-hydrogen) atoms. The molecular formula is C37H39Cl2N3O4S. The van der Waals surface area contributed by atoms with Crippen LogP contribution in [-0.2, 0) is 32.6 Å². The van der Waals surface area contributed by atoms with Gasteiger partial charge in [0.25, 0.3) is 10.0 Å². The van der Waals surface area contributed by atoms with Crippen LogP contribution in [0, 0.1) is 13.8 Å². The average Bonchev–Trinajstić information content (AvgIpc) is 3.56. The predicted octanol–water partition coefficient (Wildman–Crippen LogP) is 7.50. The fraction of sp³-hybridized carbons (Fsp3) is 0.297. The molecule has 2 amide bonds. The first kappa shape index (κ1) is 34.5. The molecule has 1 saturated carbocycles. The average molecular weight is 693 g/mol. The van der Waals surface area contributed by atoms with Gasteiger partial charge in [0.2, 0.25) is 11.8 Å². The van der Waals surface area contributed by atoms with Crippen LogP contribution in [0.25, 0.3) is 0 Å². The number of nitrogens with zero attached hydrogens (tertiary/aromatic N) is 2. The number of aryl methyl sites for hydroxylation is 2. The van der Waals surface area contributed by atoms with E-state index in [9.17, 15) is 18.0 Å². The molecule has 1 fully saturated rings. The number of hydrogen-bond acceptors (Lipinski definition) is 4. The third kappa shape index (κ3) is 8.55. The first-order valence-electron chi connectivity index (χ1n) is 15.8. The Kier molecular flexibility index (Phi) is 11.3. The Morgan fingerprint density at radius 2 is 1.40 bits per heavy atom. The first-order chi connectivity index (χ1) is 22.5. The van der Waals surface area contributed by atoms with E-state index < -0.39 is 28.5 Å². The zero-order valence-electron chi connectivity index (χ0n) is 26.5. The maximum atomic E-state index is 14.7. The lowest BCUT2D eigenvalue weighted by Crippen LogP contribution is -2.54. The lowest BCUT2D eigenvalue weighted by Gasteiger charge is -2.34. The smallest absolute Gasteiger partial charge is 0.264 e. The van der Waals surface area contributed by atoms with E-state index in [0.717, 1.165) is 46.7 Å². The molecule has 0 saturated heterocycles. The van der Waals surface area contributed by atoms with Gasteiger partial charge in [-0.1, -0.05) is 96.7 Å². The summed E-state index contributed by atoms with van der Waals surface area (Å²) in [6.45, 7) is 3.10. The fourth-order valence-corrected chi connectivity index (χ4v) is 8.05. The van der Waals surface area contributed by atoms with E-state index in [-0.39, 0.29) is 29.8 Å². The molecule has 0 heterocycles. The first-order valence-corrected chi connectivity index (χ1v) is 18.0. The molecule has 1 aliphatic carbocycles.